The van der Waals surface area contributed by atoms with Crippen LogP contribution in [0.15, 0.2) is 35.8 Å². The quantitative estimate of drug-likeness (QED) is 0.492. The Balaban J connectivity index is 2.72. The number of hydrogen-bond donors (Lipinski definition) is 0. The second kappa shape index (κ2) is 2.19. The van der Waals surface area contributed by atoms with Gasteiger partial charge in [-0.1, -0.05) is 12.1 Å². The molecule has 1 heterocycles. The van der Waals surface area contributed by atoms with Gasteiger partial charge in [0.1, 0.15) is 0 Å². The Hall–Kier alpha value is -1.66. The smallest absolute Gasteiger partial charge is 0.152 e. The zero-order valence-electron chi connectivity index (χ0n) is 5.99. The summed E-state index contributed by atoms with van der Waals surface area (Å²) in [4.78, 5) is 4.15. The summed E-state index contributed by atoms with van der Waals surface area (Å²) >= 11 is 0. The second-order valence-corrected chi connectivity index (χ2v) is 2.26. The van der Waals surface area contributed by atoms with Gasteiger partial charge in [0.05, 0.1) is 5.87 Å². The van der Waals surface area contributed by atoms with Crippen molar-refractivity contribution in [2.24, 2.45) is 4.99 Å². The minimum Gasteiger partial charge on any atom is -0.152 e. The molecule has 0 aromatic heterocycles. The fourth-order valence-electron chi connectivity index (χ4n) is 1.09. The first-order valence-corrected chi connectivity index (χ1v) is 3.37. The molecular weight excluding hydrogens is 136 g/mol. The lowest BCUT2D eigenvalue weighted by Crippen LogP contribution is -1.93. The highest BCUT2D eigenvalue weighted by Gasteiger charge is 2.17. The fraction of sp³-hybridized carbons (Fsp3) is 0. The van der Waals surface area contributed by atoms with Crippen molar-refractivity contribution in [3.8, 4) is 0 Å². The Labute approximate surface area is 64.8 Å². The standard InChI is InChI=1S/C9H7N2/c1-2-11-7-10-8-5-3-4-6-9(8)11/h3-7H,1H2/q+1. The molecular formula is C9H7N2+. The molecule has 0 bridgehead atoms. The summed E-state index contributed by atoms with van der Waals surface area (Å²) in [6.07, 6.45) is 1.71. The van der Waals surface area contributed by atoms with Gasteiger partial charge < -0.3 is 0 Å². The van der Waals surface area contributed by atoms with Crippen LogP contribution in [0.3, 0.4) is 0 Å². The first kappa shape index (κ1) is 6.08. The molecule has 1 aromatic rings. The van der Waals surface area contributed by atoms with Crippen LogP contribution in [0.1, 0.15) is 0 Å². The summed E-state index contributed by atoms with van der Waals surface area (Å²) in [5.41, 5.74) is 2.02. The van der Waals surface area contributed by atoms with Gasteiger partial charge in [-0.3, -0.25) is 0 Å². The van der Waals surface area contributed by atoms with Crippen molar-refractivity contribution in [1.29, 1.82) is 0 Å². The molecule has 0 atom stereocenters. The predicted octanol–water partition coefficient (Wildman–Crippen LogP) is 1.86. The van der Waals surface area contributed by atoms with E-state index in [1.54, 1.807) is 10.9 Å². The maximum Gasteiger partial charge on any atom is 0.300 e. The molecule has 0 radical (unpaired) electrons. The number of para-hydroxylation sites is 2. The van der Waals surface area contributed by atoms with Crippen molar-refractivity contribution in [2.45, 2.75) is 0 Å². The van der Waals surface area contributed by atoms with E-state index in [4.69, 9.17) is 0 Å². The number of benzene rings is 1. The Morgan fingerprint density at radius 3 is 3.00 bits per heavy atom. The van der Waals surface area contributed by atoms with Crippen LogP contribution >= 0.6 is 0 Å². The van der Waals surface area contributed by atoms with Crippen molar-refractivity contribution < 1.29 is 4.58 Å². The zero-order chi connectivity index (χ0) is 7.68. The normalized spacial score (nSPS) is 12.9. The maximum atomic E-state index is 4.15. The van der Waals surface area contributed by atoms with Crippen LogP contribution in [0.25, 0.3) is 0 Å². The molecule has 0 amide bonds. The average Bonchev–Trinajstić information content (AvgIpc) is 2.47. The topological polar surface area (TPSA) is 15.4 Å². The third kappa shape index (κ3) is 0.810. The van der Waals surface area contributed by atoms with E-state index >= 15 is 0 Å². The largest absolute Gasteiger partial charge is 0.300 e. The van der Waals surface area contributed by atoms with Gasteiger partial charge in [-0.25, -0.2) is 0 Å². The van der Waals surface area contributed by atoms with Gasteiger partial charge in [0.25, 0.3) is 6.34 Å². The average molecular weight is 143 g/mol. The summed E-state index contributed by atoms with van der Waals surface area (Å²) in [5, 5.41) is 0. The maximum absolute atomic E-state index is 4.15. The van der Waals surface area contributed by atoms with Gasteiger partial charge in [-0.2, -0.15) is 4.58 Å². The highest BCUT2D eigenvalue weighted by molar-refractivity contribution is 5.75. The minimum absolute atomic E-state index is 0.976. The van der Waals surface area contributed by atoms with Crippen molar-refractivity contribution in [2.75, 3.05) is 0 Å². The van der Waals surface area contributed by atoms with E-state index in [0.29, 0.717) is 0 Å². The van der Waals surface area contributed by atoms with Crippen LogP contribution in [-0.2, 0) is 0 Å². The highest BCUT2D eigenvalue weighted by Crippen LogP contribution is 2.29. The molecule has 1 aromatic carbocycles. The lowest BCUT2D eigenvalue weighted by atomic mass is 10.3. The zero-order valence-corrected chi connectivity index (χ0v) is 5.99. The molecule has 0 saturated carbocycles. The van der Waals surface area contributed by atoms with Gasteiger partial charge in [-0.15, -0.1) is 0 Å². The molecule has 2 heteroatoms. The third-order valence-electron chi connectivity index (χ3n) is 1.62. The van der Waals surface area contributed by atoms with Gasteiger partial charge in [0, 0.05) is 0 Å². The fourth-order valence-corrected chi connectivity index (χ4v) is 1.09. The Morgan fingerprint density at radius 1 is 1.36 bits per heavy atom. The van der Waals surface area contributed by atoms with Crippen LogP contribution in [0.5, 0.6) is 0 Å². The minimum atomic E-state index is 0.976. The van der Waals surface area contributed by atoms with E-state index in [-0.39, 0.29) is 0 Å². The van der Waals surface area contributed by atoms with E-state index < -0.39 is 0 Å². The van der Waals surface area contributed by atoms with Crippen molar-refractivity contribution in [1.82, 2.24) is 0 Å². The molecule has 0 aliphatic carbocycles. The van der Waals surface area contributed by atoms with E-state index in [1.165, 1.54) is 0 Å². The summed E-state index contributed by atoms with van der Waals surface area (Å²) in [7, 11) is 0. The van der Waals surface area contributed by atoms with Crippen LogP contribution < -0.4 is 0 Å². The number of rotatable bonds is 0. The Bertz CT molecular complexity index is 371. The lowest BCUT2D eigenvalue weighted by Gasteiger charge is -1.87. The second-order valence-electron chi connectivity index (χ2n) is 2.26. The first-order valence-electron chi connectivity index (χ1n) is 3.37. The number of aliphatic imine (C=N–C) groups is 1. The van der Waals surface area contributed by atoms with Crippen LogP contribution in [0.4, 0.5) is 11.4 Å². The number of nitrogens with zero attached hydrogens (tertiary/aromatic N) is 2. The van der Waals surface area contributed by atoms with E-state index in [2.05, 4.69) is 17.4 Å². The molecule has 2 rings (SSSR count). The van der Waals surface area contributed by atoms with Crippen LogP contribution in [0.2, 0.25) is 0 Å². The molecule has 2 nitrogen and oxygen atoms in total. The summed E-state index contributed by atoms with van der Waals surface area (Å²) in [6.45, 7) is 3.55. The molecule has 0 N–H and O–H groups in total. The van der Waals surface area contributed by atoms with Gasteiger partial charge in [-0.05, 0) is 23.7 Å². The van der Waals surface area contributed by atoms with E-state index in [9.17, 15) is 0 Å². The molecule has 0 saturated heterocycles. The van der Waals surface area contributed by atoms with Crippen molar-refractivity contribution in [3.05, 3.63) is 30.8 Å². The number of hydrogen-bond acceptors (Lipinski definition) is 1. The molecule has 52 valence electrons. The van der Waals surface area contributed by atoms with Gasteiger partial charge in [0.2, 0.25) is 5.69 Å². The summed E-state index contributed by atoms with van der Waals surface area (Å²) in [6, 6.07) is 7.88. The monoisotopic (exact) mass is 143 g/mol. The molecule has 1 aliphatic rings. The Morgan fingerprint density at radius 2 is 2.18 bits per heavy atom. The van der Waals surface area contributed by atoms with Crippen molar-refractivity contribution in [3.63, 3.8) is 0 Å². The van der Waals surface area contributed by atoms with Crippen LogP contribution in [-0.4, -0.2) is 16.8 Å². The molecule has 0 unspecified atom stereocenters. The first-order chi connectivity index (χ1) is 5.42. The molecule has 0 fully saturated rings. The summed E-state index contributed by atoms with van der Waals surface area (Å²) < 4.78 is 1.77. The van der Waals surface area contributed by atoms with Crippen LogP contribution in [0, 0.1) is 0 Å². The molecule has 11 heavy (non-hydrogen) atoms. The van der Waals surface area contributed by atoms with Gasteiger partial charge >= 0.3 is 0 Å². The Kier molecular flexibility index (Phi) is 1.21. The van der Waals surface area contributed by atoms with E-state index in [1.807, 2.05) is 24.3 Å². The predicted molar refractivity (Wildman–Crippen MR) is 45.1 cm³/mol. The molecule has 0 spiro atoms. The summed E-state index contributed by atoms with van der Waals surface area (Å²) in [5.74, 6) is 2.75. The van der Waals surface area contributed by atoms with Crippen molar-refractivity contribution >= 4 is 23.6 Å². The molecule has 1 aliphatic heterocycles. The van der Waals surface area contributed by atoms with Gasteiger partial charge in [0.15, 0.2) is 5.69 Å². The lowest BCUT2D eigenvalue weighted by molar-refractivity contribution is -0.279. The highest BCUT2D eigenvalue weighted by atomic mass is 15.1. The van der Waals surface area contributed by atoms with E-state index in [0.717, 1.165) is 11.4 Å². The third-order valence-corrected chi connectivity index (χ3v) is 1.62. The SMILES string of the molecule is C=C=[N+]1C=Nc2ccccc21. The number of fused-ring (bicyclic) bond motifs is 1.